The fraction of sp³-hybridized carbons (Fsp3) is 0.333. The monoisotopic (exact) mass is 221 g/mol. The van der Waals surface area contributed by atoms with Crippen LogP contribution in [-0.4, -0.2) is 27.7 Å². The summed E-state index contributed by atoms with van der Waals surface area (Å²) in [5, 5.41) is 18.4. The number of phenolic OH excluding ortho intramolecular Hbond substituents is 2. The molecule has 0 heterocycles. The van der Waals surface area contributed by atoms with Crippen LogP contribution in [0.15, 0.2) is 23.2 Å². The molecule has 4 nitrogen and oxygen atoms in total. The number of hydrogen-bond acceptors (Lipinski definition) is 4. The van der Waals surface area contributed by atoms with Crippen molar-refractivity contribution in [3.05, 3.63) is 23.8 Å². The molecule has 2 N–H and O–H groups in total. The Balaban J connectivity index is 2.93. The van der Waals surface area contributed by atoms with Gasteiger partial charge in [0.1, 0.15) is 11.5 Å². The predicted molar refractivity (Wildman–Crippen MR) is 62.3 cm³/mol. The van der Waals surface area contributed by atoms with Crippen LogP contribution in [0.5, 0.6) is 11.5 Å². The van der Waals surface area contributed by atoms with Gasteiger partial charge in [0.25, 0.3) is 0 Å². The number of hydrogen-bond donors (Lipinski definition) is 2. The van der Waals surface area contributed by atoms with Gasteiger partial charge in [0, 0.05) is 11.6 Å². The summed E-state index contributed by atoms with van der Waals surface area (Å²) in [6, 6.07) is 3.74. The summed E-state index contributed by atoms with van der Waals surface area (Å²) in [6.45, 7) is 5.62. The third-order valence-electron chi connectivity index (χ3n) is 1.76. The fourth-order valence-corrected chi connectivity index (χ4v) is 1.06. The van der Waals surface area contributed by atoms with Crippen LogP contribution >= 0.6 is 0 Å². The summed E-state index contributed by atoms with van der Waals surface area (Å²) < 4.78 is 0. The molecule has 0 spiro atoms. The lowest BCUT2D eigenvalue weighted by Crippen LogP contribution is -2.12. The fourth-order valence-electron chi connectivity index (χ4n) is 1.06. The van der Waals surface area contributed by atoms with E-state index in [0.717, 1.165) is 6.07 Å². The van der Waals surface area contributed by atoms with E-state index < -0.39 is 0 Å². The van der Waals surface area contributed by atoms with Gasteiger partial charge in [-0.05, 0) is 32.9 Å². The molecule has 86 valence electrons. The number of rotatable bonds is 2. The lowest BCUT2D eigenvalue weighted by atomic mass is 10.1. The Kier molecular flexibility index (Phi) is 3.32. The summed E-state index contributed by atoms with van der Waals surface area (Å²) in [4.78, 5) is 15.7. The third kappa shape index (κ3) is 3.73. The number of aliphatic imine (C=N–C) groups is 1. The average molecular weight is 221 g/mol. The van der Waals surface area contributed by atoms with Crippen molar-refractivity contribution in [1.82, 2.24) is 0 Å². The molecule has 0 aliphatic heterocycles. The Bertz CT molecular complexity index is 410. The number of Topliss-reactive ketones (excluding diaryl/α,β-unsaturated/α-hetero) is 1. The van der Waals surface area contributed by atoms with Gasteiger partial charge in [-0.2, -0.15) is 0 Å². The number of ketones is 1. The van der Waals surface area contributed by atoms with Crippen molar-refractivity contribution in [1.29, 1.82) is 0 Å². The molecule has 0 unspecified atom stereocenters. The van der Waals surface area contributed by atoms with Crippen molar-refractivity contribution in [3.63, 3.8) is 0 Å². The van der Waals surface area contributed by atoms with Crippen molar-refractivity contribution in [3.8, 4) is 11.5 Å². The Morgan fingerprint density at radius 1 is 1.19 bits per heavy atom. The van der Waals surface area contributed by atoms with Crippen LogP contribution in [-0.2, 0) is 0 Å². The van der Waals surface area contributed by atoms with Gasteiger partial charge >= 0.3 is 0 Å². The van der Waals surface area contributed by atoms with Gasteiger partial charge in [0.15, 0.2) is 0 Å². The molecule has 0 bridgehead atoms. The first-order valence-corrected chi connectivity index (χ1v) is 4.90. The normalized spacial score (nSPS) is 11.9. The van der Waals surface area contributed by atoms with Gasteiger partial charge in [-0.3, -0.25) is 9.79 Å². The molecule has 0 aromatic heterocycles. The Hall–Kier alpha value is -1.84. The van der Waals surface area contributed by atoms with E-state index in [9.17, 15) is 15.0 Å². The minimum atomic E-state index is -0.346. The number of phenols is 2. The maximum atomic E-state index is 11.6. The number of carbonyl (C=O) groups excluding carboxylic acids is 1. The second-order valence-electron chi connectivity index (χ2n) is 4.53. The van der Waals surface area contributed by atoms with Crippen LogP contribution in [0.1, 0.15) is 31.1 Å². The van der Waals surface area contributed by atoms with Crippen molar-refractivity contribution in [2.24, 2.45) is 4.99 Å². The minimum absolute atomic E-state index is 0.146. The molecule has 16 heavy (non-hydrogen) atoms. The quantitative estimate of drug-likeness (QED) is 0.593. The molecule has 0 saturated carbocycles. The molecule has 0 atom stereocenters. The van der Waals surface area contributed by atoms with Crippen LogP contribution in [0.3, 0.4) is 0 Å². The third-order valence-corrected chi connectivity index (χ3v) is 1.76. The van der Waals surface area contributed by atoms with E-state index in [-0.39, 0.29) is 28.4 Å². The lowest BCUT2D eigenvalue weighted by Gasteiger charge is -2.10. The highest BCUT2D eigenvalue weighted by molar-refractivity contribution is 6.35. The molecular formula is C12H15NO3. The summed E-state index contributed by atoms with van der Waals surface area (Å²) >= 11 is 0. The molecule has 0 fully saturated rings. The molecule has 0 amide bonds. The van der Waals surface area contributed by atoms with Crippen LogP contribution in [0, 0.1) is 0 Å². The van der Waals surface area contributed by atoms with Crippen molar-refractivity contribution in [2.75, 3.05) is 0 Å². The first-order chi connectivity index (χ1) is 7.28. The number of benzene rings is 1. The second kappa shape index (κ2) is 4.35. The smallest absolute Gasteiger partial charge is 0.203 e. The molecule has 0 saturated heterocycles. The van der Waals surface area contributed by atoms with Gasteiger partial charge < -0.3 is 10.2 Å². The van der Waals surface area contributed by atoms with Gasteiger partial charge in [-0.1, -0.05) is 0 Å². The van der Waals surface area contributed by atoms with E-state index in [1.54, 1.807) is 0 Å². The zero-order chi connectivity index (χ0) is 12.3. The largest absolute Gasteiger partial charge is 0.508 e. The Labute approximate surface area is 94.3 Å². The summed E-state index contributed by atoms with van der Waals surface area (Å²) in [5.41, 5.74) is -0.111. The molecule has 4 heteroatoms. The Morgan fingerprint density at radius 2 is 1.69 bits per heavy atom. The number of aromatic hydroxyl groups is 2. The van der Waals surface area contributed by atoms with E-state index >= 15 is 0 Å². The zero-order valence-corrected chi connectivity index (χ0v) is 9.56. The maximum Gasteiger partial charge on any atom is 0.203 e. The topological polar surface area (TPSA) is 69.9 Å². The molecular weight excluding hydrogens is 206 g/mol. The summed E-state index contributed by atoms with van der Waals surface area (Å²) in [5.74, 6) is -0.638. The molecule has 0 aliphatic carbocycles. The highest BCUT2D eigenvalue weighted by atomic mass is 16.3. The lowest BCUT2D eigenvalue weighted by molar-refractivity contribution is 0.106. The van der Waals surface area contributed by atoms with Gasteiger partial charge in [-0.15, -0.1) is 0 Å². The number of nitrogens with zero attached hydrogens (tertiary/aromatic N) is 1. The molecule has 1 rings (SSSR count). The van der Waals surface area contributed by atoms with Crippen LogP contribution in [0.25, 0.3) is 0 Å². The highest BCUT2D eigenvalue weighted by Crippen LogP contribution is 2.20. The first kappa shape index (κ1) is 12.2. The molecule has 0 radical (unpaired) electrons. The number of carbonyl (C=O) groups is 1. The van der Waals surface area contributed by atoms with Crippen LogP contribution in [0.2, 0.25) is 0 Å². The molecule has 1 aromatic rings. The van der Waals surface area contributed by atoms with Crippen LogP contribution in [0.4, 0.5) is 0 Å². The summed E-state index contributed by atoms with van der Waals surface area (Å²) in [7, 11) is 0. The molecule has 1 aromatic carbocycles. The minimum Gasteiger partial charge on any atom is -0.508 e. The van der Waals surface area contributed by atoms with Gasteiger partial charge in [-0.25, -0.2) is 0 Å². The van der Waals surface area contributed by atoms with E-state index in [4.69, 9.17) is 0 Å². The van der Waals surface area contributed by atoms with E-state index in [1.807, 2.05) is 20.8 Å². The standard InChI is InChI=1S/C12H15NO3/c1-12(2,3)13-7-11(16)8-4-9(14)6-10(15)5-8/h4-7,14-15H,1-3H3. The van der Waals surface area contributed by atoms with Crippen LogP contribution < -0.4 is 0 Å². The second-order valence-corrected chi connectivity index (χ2v) is 4.53. The first-order valence-electron chi connectivity index (χ1n) is 4.90. The highest BCUT2D eigenvalue weighted by Gasteiger charge is 2.09. The van der Waals surface area contributed by atoms with E-state index in [1.165, 1.54) is 18.3 Å². The van der Waals surface area contributed by atoms with Crippen molar-refractivity contribution < 1.29 is 15.0 Å². The van der Waals surface area contributed by atoms with E-state index in [2.05, 4.69) is 4.99 Å². The maximum absolute atomic E-state index is 11.6. The summed E-state index contributed by atoms with van der Waals surface area (Å²) in [6.07, 6.45) is 1.20. The predicted octanol–water partition coefficient (Wildman–Crippen LogP) is 2.15. The van der Waals surface area contributed by atoms with E-state index in [0.29, 0.717) is 0 Å². The van der Waals surface area contributed by atoms with Crippen molar-refractivity contribution >= 4 is 12.0 Å². The Morgan fingerprint density at radius 3 is 2.12 bits per heavy atom. The van der Waals surface area contributed by atoms with Gasteiger partial charge in [0.2, 0.25) is 5.78 Å². The average Bonchev–Trinajstić information content (AvgIpc) is 2.11. The van der Waals surface area contributed by atoms with Crippen molar-refractivity contribution in [2.45, 2.75) is 26.3 Å². The molecule has 0 aliphatic rings. The van der Waals surface area contributed by atoms with Gasteiger partial charge in [0.05, 0.1) is 11.8 Å². The zero-order valence-electron chi connectivity index (χ0n) is 9.56. The SMILES string of the molecule is CC(C)(C)N=CC(=O)c1cc(O)cc(O)c1.